The molecule has 0 saturated carbocycles. The monoisotopic (exact) mass is 506 g/mol. The Labute approximate surface area is 212 Å². The van der Waals surface area contributed by atoms with E-state index in [4.69, 9.17) is 21.1 Å². The van der Waals surface area contributed by atoms with Crippen LogP contribution >= 0.6 is 23.4 Å². The van der Waals surface area contributed by atoms with Crippen molar-refractivity contribution < 1.29 is 19.1 Å². The van der Waals surface area contributed by atoms with Crippen molar-refractivity contribution in [1.82, 2.24) is 5.32 Å². The van der Waals surface area contributed by atoms with Gasteiger partial charge in [0.05, 0.1) is 35.4 Å². The average Bonchev–Trinajstić information content (AvgIpc) is 2.87. The third-order valence-corrected chi connectivity index (χ3v) is 7.18. The number of nitriles is 1. The van der Waals surface area contributed by atoms with Gasteiger partial charge in [0.15, 0.2) is 0 Å². The summed E-state index contributed by atoms with van der Waals surface area (Å²) in [6, 6.07) is 21.5. The normalized spacial score (nSPS) is 17.6. The van der Waals surface area contributed by atoms with Crippen LogP contribution < -0.4 is 10.1 Å². The molecule has 6 nitrogen and oxygen atoms in total. The fourth-order valence-corrected chi connectivity index (χ4v) is 5.38. The Bertz CT molecular complexity index is 1360. The molecule has 1 aliphatic heterocycles. The summed E-state index contributed by atoms with van der Waals surface area (Å²) in [6.45, 7) is 2.28. The van der Waals surface area contributed by atoms with Crippen LogP contribution in [0.3, 0.4) is 0 Å². The highest BCUT2D eigenvalue weighted by atomic mass is 35.5. The van der Waals surface area contributed by atoms with E-state index >= 15 is 0 Å². The Balaban J connectivity index is 1.71. The largest absolute Gasteiger partial charge is 0.492 e. The van der Waals surface area contributed by atoms with E-state index in [2.05, 4.69) is 17.5 Å². The smallest absolute Gasteiger partial charge is 0.319 e. The number of ether oxygens (including phenoxy) is 2. The second kappa shape index (κ2) is 10.9. The number of methoxy groups -OCH3 is 1. The lowest BCUT2D eigenvalue weighted by molar-refractivity contribution is -0.150. The quantitative estimate of drug-likeness (QED) is 0.333. The van der Waals surface area contributed by atoms with Crippen molar-refractivity contribution in [3.8, 4) is 11.8 Å². The number of rotatable bonds is 7. The Morgan fingerprint density at radius 3 is 2.60 bits per heavy atom. The second-order valence-electron chi connectivity index (χ2n) is 7.92. The van der Waals surface area contributed by atoms with Gasteiger partial charge in [-0.3, -0.25) is 9.59 Å². The van der Waals surface area contributed by atoms with Crippen LogP contribution in [0.4, 0.5) is 0 Å². The number of fused-ring (bicyclic) bond motifs is 1. The number of benzene rings is 3. The third-order valence-electron chi connectivity index (χ3n) is 5.80. The Hall–Kier alpha value is -3.47. The first kappa shape index (κ1) is 24.6. The molecule has 0 spiro atoms. The first-order valence-electron chi connectivity index (χ1n) is 11.0. The number of carbonyl (C=O) groups excluding carboxylic acids is 2. The predicted molar refractivity (Wildman–Crippen MR) is 137 cm³/mol. The lowest BCUT2D eigenvalue weighted by Crippen LogP contribution is -2.44. The fourth-order valence-electron chi connectivity index (χ4n) is 4.15. The van der Waals surface area contributed by atoms with E-state index in [1.54, 1.807) is 18.2 Å². The summed E-state index contributed by atoms with van der Waals surface area (Å²) in [5, 5.41) is 15.9. The van der Waals surface area contributed by atoms with Crippen molar-refractivity contribution >= 4 is 46.0 Å². The molecule has 1 amide bonds. The summed E-state index contributed by atoms with van der Waals surface area (Å²) in [5.74, 6) is -2.27. The minimum atomic E-state index is -1.21. The fraction of sp³-hybridized carbons (Fsp3) is 0.222. The molecule has 1 aliphatic rings. The maximum atomic E-state index is 13.1. The molecule has 35 heavy (non-hydrogen) atoms. The SMILES string of the molecule is CCOc1ccc([C@@H]2C(C#N)=C(SCc3ccc4ccccc4c3)NC(=O)[C@H]2C(=O)OC)cc1Cl. The van der Waals surface area contributed by atoms with E-state index in [0.717, 1.165) is 16.3 Å². The number of hydrogen-bond donors (Lipinski definition) is 1. The number of esters is 1. The summed E-state index contributed by atoms with van der Waals surface area (Å²) >= 11 is 7.74. The van der Waals surface area contributed by atoms with E-state index < -0.39 is 23.7 Å². The molecule has 0 aromatic heterocycles. The average molecular weight is 507 g/mol. The highest BCUT2D eigenvalue weighted by Crippen LogP contribution is 2.42. The number of hydrogen-bond acceptors (Lipinski definition) is 6. The minimum absolute atomic E-state index is 0.283. The van der Waals surface area contributed by atoms with Gasteiger partial charge in [0, 0.05) is 11.7 Å². The zero-order chi connectivity index (χ0) is 24.9. The zero-order valence-corrected chi connectivity index (χ0v) is 20.8. The molecule has 8 heteroatoms. The molecule has 0 aliphatic carbocycles. The maximum Gasteiger partial charge on any atom is 0.319 e. The topological polar surface area (TPSA) is 88.4 Å². The number of amides is 1. The number of allylic oxidation sites excluding steroid dienone is 1. The van der Waals surface area contributed by atoms with Gasteiger partial charge in [0.2, 0.25) is 5.91 Å². The van der Waals surface area contributed by atoms with Gasteiger partial charge in [0.1, 0.15) is 11.7 Å². The first-order valence-corrected chi connectivity index (χ1v) is 12.4. The van der Waals surface area contributed by atoms with Crippen LogP contribution in [0.2, 0.25) is 5.02 Å². The molecule has 0 bridgehead atoms. The molecule has 3 aromatic rings. The Morgan fingerprint density at radius 2 is 1.91 bits per heavy atom. The van der Waals surface area contributed by atoms with Gasteiger partial charge in [-0.2, -0.15) is 5.26 Å². The zero-order valence-electron chi connectivity index (χ0n) is 19.2. The van der Waals surface area contributed by atoms with Crippen molar-refractivity contribution in [1.29, 1.82) is 5.26 Å². The summed E-state index contributed by atoms with van der Waals surface area (Å²) in [7, 11) is 1.22. The van der Waals surface area contributed by atoms with Crippen LogP contribution in [0.15, 0.2) is 71.3 Å². The number of nitrogens with one attached hydrogen (secondary N) is 1. The van der Waals surface area contributed by atoms with Crippen molar-refractivity contribution in [2.45, 2.75) is 18.6 Å². The van der Waals surface area contributed by atoms with Gasteiger partial charge in [-0.15, -0.1) is 11.8 Å². The van der Waals surface area contributed by atoms with Gasteiger partial charge in [-0.1, -0.05) is 60.1 Å². The van der Waals surface area contributed by atoms with Gasteiger partial charge in [-0.05, 0) is 41.0 Å². The van der Waals surface area contributed by atoms with Crippen molar-refractivity contribution in [2.75, 3.05) is 13.7 Å². The molecule has 4 rings (SSSR count). The standard InChI is InChI=1S/C27H23ClN2O4S/c1-3-34-22-11-10-19(13-21(22)28)23-20(14-29)26(30-25(31)24(23)27(32)33-2)35-15-16-8-9-17-6-4-5-7-18(17)12-16/h4-13,23-24H,3,15H2,1-2H3,(H,30,31)/t23-,24+/m1/s1. The van der Waals surface area contributed by atoms with Crippen molar-refractivity contribution in [3.05, 3.63) is 87.4 Å². The highest BCUT2D eigenvalue weighted by molar-refractivity contribution is 8.02. The number of nitrogens with zero attached hydrogens (tertiary/aromatic N) is 1. The van der Waals surface area contributed by atoms with Crippen molar-refractivity contribution in [2.24, 2.45) is 5.92 Å². The summed E-state index contributed by atoms with van der Waals surface area (Å²) in [6.07, 6.45) is 0. The number of halogens is 1. The number of carbonyl (C=O) groups is 2. The van der Waals surface area contributed by atoms with Gasteiger partial charge in [-0.25, -0.2) is 0 Å². The van der Waals surface area contributed by atoms with E-state index in [1.165, 1.54) is 18.9 Å². The van der Waals surface area contributed by atoms with Crippen molar-refractivity contribution in [3.63, 3.8) is 0 Å². The molecule has 1 heterocycles. The van der Waals surface area contributed by atoms with E-state index in [9.17, 15) is 14.9 Å². The maximum absolute atomic E-state index is 13.1. The minimum Gasteiger partial charge on any atom is -0.492 e. The summed E-state index contributed by atoms with van der Waals surface area (Å²) < 4.78 is 10.4. The predicted octanol–water partition coefficient (Wildman–Crippen LogP) is 5.56. The molecular formula is C27H23ClN2O4S. The molecule has 2 atom stereocenters. The van der Waals surface area contributed by atoms with Crippen LogP contribution in [0.1, 0.15) is 24.0 Å². The van der Waals surface area contributed by atoms with Crippen LogP contribution in [-0.4, -0.2) is 25.6 Å². The third kappa shape index (κ3) is 5.14. The molecular weight excluding hydrogens is 484 g/mol. The second-order valence-corrected chi connectivity index (χ2v) is 9.31. The first-order chi connectivity index (χ1) is 17.0. The molecule has 0 saturated heterocycles. The van der Waals surface area contributed by atoms with E-state index in [1.807, 2.05) is 43.3 Å². The molecule has 178 valence electrons. The Morgan fingerprint density at radius 1 is 1.14 bits per heavy atom. The molecule has 0 unspecified atom stereocenters. The van der Waals surface area contributed by atoms with Gasteiger partial charge in [0.25, 0.3) is 0 Å². The molecule has 0 radical (unpaired) electrons. The van der Waals surface area contributed by atoms with Crippen LogP contribution in [0.5, 0.6) is 5.75 Å². The summed E-state index contributed by atoms with van der Waals surface area (Å²) in [4.78, 5) is 25.7. The van der Waals surface area contributed by atoms with Crippen LogP contribution in [-0.2, 0) is 20.1 Å². The molecule has 1 N–H and O–H groups in total. The lowest BCUT2D eigenvalue weighted by atomic mass is 9.78. The van der Waals surface area contributed by atoms with E-state index in [-0.39, 0.29) is 5.57 Å². The van der Waals surface area contributed by atoms with Gasteiger partial charge >= 0.3 is 5.97 Å². The van der Waals surface area contributed by atoms with E-state index in [0.29, 0.717) is 33.7 Å². The number of thioether (sulfide) groups is 1. The highest BCUT2D eigenvalue weighted by Gasteiger charge is 2.44. The lowest BCUT2D eigenvalue weighted by Gasteiger charge is -2.31. The summed E-state index contributed by atoms with van der Waals surface area (Å²) in [5.41, 5.74) is 1.89. The van der Waals surface area contributed by atoms with Crippen LogP contribution in [0.25, 0.3) is 10.8 Å². The van der Waals surface area contributed by atoms with Crippen LogP contribution in [0, 0.1) is 17.2 Å². The molecule has 0 fully saturated rings. The molecule has 3 aromatic carbocycles. The Kier molecular flexibility index (Phi) is 7.64. The van der Waals surface area contributed by atoms with Gasteiger partial charge < -0.3 is 14.8 Å².